The number of carbonyl (C=O) groups excluding carboxylic acids is 2. The number of nitrogens with one attached hydrogen (secondary N) is 1. The van der Waals surface area contributed by atoms with Crippen LogP contribution in [-0.4, -0.2) is 95.6 Å². The summed E-state index contributed by atoms with van der Waals surface area (Å²) in [6.45, 7) is 8.02. The largest absolute Gasteiger partial charge is 0.490 e. The second-order valence-corrected chi connectivity index (χ2v) is 9.73. The molecule has 2 N–H and O–H groups in total. The lowest BCUT2D eigenvalue weighted by Crippen LogP contribution is -2.54. The number of hydrogen-bond acceptors (Lipinski definition) is 5. The molecule has 8 nitrogen and oxygen atoms in total. The number of aryl methyl sites for hydroxylation is 1. The number of alkyl halides is 3. The van der Waals surface area contributed by atoms with E-state index in [1.807, 2.05) is 47.1 Å². The van der Waals surface area contributed by atoms with Crippen molar-refractivity contribution in [3.8, 4) is 0 Å². The highest BCUT2D eigenvalue weighted by Crippen LogP contribution is 2.21. The van der Waals surface area contributed by atoms with E-state index in [1.54, 1.807) is 0 Å². The lowest BCUT2D eigenvalue weighted by molar-refractivity contribution is -0.192. The Balaban J connectivity index is 0.000000532. The quantitative estimate of drug-likeness (QED) is 0.576. The Bertz CT molecular complexity index is 1080. The fourth-order valence-electron chi connectivity index (χ4n) is 4.62. The molecule has 11 heteroatoms. The van der Waals surface area contributed by atoms with Gasteiger partial charge in [0.05, 0.1) is 0 Å². The molecule has 0 unspecified atom stereocenters. The second-order valence-electron chi connectivity index (χ2n) is 9.73. The van der Waals surface area contributed by atoms with E-state index in [0.717, 1.165) is 51.1 Å². The average Bonchev–Trinajstić information content (AvgIpc) is 2.93. The molecule has 0 bridgehead atoms. The van der Waals surface area contributed by atoms with E-state index in [9.17, 15) is 22.8 Å². The first-order chi connectivity index (χ1) is 18.5. The van der Waals surface area contributed by atoms with Crippen molar-refractivity contribution in [3.63, 3.8) is 0 Å². The molecule has 4 rings (SSSR count). The number of likely N-dealkylation sites (tertiary alicyclic amines) is 1. The Morgan fingerprint density at radius 2 is 1.51 bits per heavy atom. The van der Waals surface area contributed by atoms with E-state index in [2.05, 4.69) is 34.5 Å². The van der Waals surface area contributed by atoms with E-state index >= 15 is 0 Å². The first-order valence-corrected chi connectivity index (χ1v) is 13.0. The molecule has 0 atom stereocenters. The number of carboxylic acids is 1. The number of hydrogen-bond donors (Lipinski definition) is 2. The highest BCUT2D eigenvalue weighted by molar-refractivity contribution is 5.96. The van der Waals surface area contributed by atoms with Crippen LogP contribution >= 0.6 is 0 Å². The summed E-state index contributed by atoms with van der Waals surface area (Å²) in [7, 11) is 0. The topological polar surface area (TPSA) is 93.2 Å². The maximum absolute atomic E-state index is 13.5. The molecule has 0 aromatic heterocycles. The molecule has 0 spiro atoms. The van der Waals surface area contributed by atoms with Crippen LogP contribution in [0.25, 0.3) is 0 Å². The minimum atomic E-state index is -5.08. The number of amides is 2. The van der Waals surface area contributed by atoms with E-state index in [0.29, 0.717) is 18.7 Å². The SMILES string of the molecule is Cc1ccc(C(=O)N(CC(=O)N2CCNCC2)C2CCN(Cc3ccccc3)CC2)cc1.O=C(O)C(F)(F)F. The molecule has 2 aliphatic rings. The summed E-state index contributed by atoms with van der Waals surface area (Å²) in [5, 5.41) is 10.4. The van der Waals surface area contributed by atoms with Crippen LogP contribution in [-0.2, 0) is 16.1 Å². The van der Waals surface area contributed by atoms with E-state index in [4.69, 9.17) is 9.90 Å². The van der Waals surface area contributed by atoms with Crippen molar-refractivity contribution in [1.82, 2.24) is 20.0 Å². The van der Waals surface area contributed by atoms with Crippen molar-refractivity contribution in [3.05, 3.63) is 71.3 Å². The number of carboxylic acid groups (broad SMARTS) is 1. The number of aliphatic carboxylic acids is 1. The average molecular weight is 549 g/mol. The first kappa shape index (κ1) is 30.1. The van der Waals surface area contributed by atoms with Gasteiger partial charge in [0, 0.05) is 57.4 Å². The summed E-state index contributed by atoms with van der Waals surface area (Å²) >= 11 is 0. The van der Waals surface area contributed by atoms with Crippen molar-refractivity contribution in [2.24, 2.45) is 0 Å². The van der Waals surface area contributed by atoms with E-state index in [1.165, 1.54) is 5.56 Å². The molecule has 39 heavy (non-hydrogen) atoms. The zero-order chi connectivity index (χ0) is 28.4. The van der Waals surface area contributed by atoms with E-state index in [-0.39, 0.29) is 24.4 Å². The van der Waals surface area contributed by atoms with Gasteiger partial charge in [-0.25, -0.2) is 4.79 Å². The predicted molar refractivity (Wildman–Crippen MR) is 140 cm³/mol. The monoisotopic (exact) mass is 548 g/mol. The molecular formula is C28H35F3N4O4. The molecular weight excluding hydrogens is 513 g/mol. The second kappa shape index (κ2) is 14.1. The minimum Gasteiger partial charge on any atom is -0.475 e. The van der Waals surface area contributed by atoms with Crippen LogP contribution in [0.1, 0.15) is 34.3 Å². The number of rotatable bonds is 6. The van der Waals surface area contributed by atoms with Crippen molar-refractivity contribution < 1.29 is 32.7 Å². The fourth-order valence-corrected chi connectivity index (χ4v) is 4.62. The van der Waals surface area contributed by atoms with Gasteiger partial charge in [0.1, 0.15) is 6.54 Å². The van der Waals surface area contributed by atoms with Gasteiger partial charge in [0.25, 0.3) is 5.91 Å². The normalized spacial score (nSPS) is 16.7. The van der Waals surface area contributed by atoms with Crippen LogP contribution in [0, 0.1) is 6.92 Å². The standard InChI is InChI=1S/C26H34N4O2.C2HF3O2/c1-21-7-9-23(10-8-21)26(32)30(20-25(31)29-17-13-27-14-18-29)24-11-15-28(16-12-24)19-22-5-3-2-4-6-22;3-2(4,5)1(6)7/h2-10,24,27H,11-20H2,1H3;(H,6,7). The van der Waals surface area contributed by atoms with Crippen molar-refractivity contribution in [1.29, 1.82) is 0 Å². The lowest BCUT2D eigenvalue weighted by atomic mass is 10.0. The molecule has 0 radical (unpaired) electrons. The predicted octanol–water partition coefficient (Wildman–Crippen LogP) is 3.17. The summed E-state index contributed by atoms with van der Waals surface area (Å²) in [5.41, 5.74) is 3.10. The Kier molecular flexibility index (Phi) is 10.9. The Labute approximate surface area is 226 Å². The highest BCUT2D eigenvalue weighted by Gasteiger charge is 2.38. The molecule has 212 valence electrons. The number of piperidine rings is 1. The maximum atomic E-state index is 13.5. The van der Waals surface area contributed by atoms with Gasteiger partial charge in [-0.1, -0.05) is 48.0 Å². The molecule has 2 aromatic rings. The number of nitrogens with zero attached hydrogens (tertiary/aromatic N) is 3. The van der Waals surface area contributed by atoms with Crippen molar-refractivity contribution >= 4 is 17.8 Å². The van der Waals surface area contributed by atoms with E-state index < -0.39 is 12.1 Å². The van der Waals surface area contributed by atoms with Crippen LogP contribution in [0.2, 0.25) is 0 Å². The van der Waals surface area contributed by atoms with Gasteiger partial charge in [-0.3, -0.25) is 14.5 Å². The fraction of sp³-hybridized carbons (Fsp3) is 0.464. The molecule has 2 amide bonds. The molecule has 2 aromatic carbocycles. The molecule has 2 saturated heterocycles. The minimum absolute atomic E-state index is 0.0324. The van der Waals surface area contributed by atoms with Gasteiger partial charge in [0.15, 0.2) is 0 Å². The van der Waals surface area contributed by atoms with Crippen LogP contribution < -0.4 is 5.32 Å². The Morgan fingerprint density at radius 3 is 2.05 bits per heavy atom. The Morgan fingerprint density at radius 1 is 0.949 bits per heavy atom. The summed E-state index contributed by atoms with van der Waals surface area (Å²) in [4.78, 5) is 41.6. The Hall–Kier alpha value is -3.44. The third kappa shape index (κ3) is 9.36. The maximum Gasteiger partial charge on any atom is 0.490 e. The van der Waals surface area contributed by atoms with Gasteiger partial charge < -0.3 is 20.2 Å². The first-order valence-electron chi connectivity index (χ1n) is 13.0. The van der Waals surface area contributed by atoms with Crippen molar-refractivity contribution in [2.45, 2.75) is 38.5 Å². The molecule has 0 saturated carbocycles. The summed E-state index contributed by atoms with van der Waals surface area (Å²) < 4.78 is 31.7. The van der Waals surface area contributed by atoms with Gasteiger partial charge in [0.2, 0.25) is 5.91 Å². The van der Waals surface area contributed by atoms with Crippen LogP contribution in [0.4, 0.5) is 13.2 Å². The van der Waals surface area contributed by atoms with Gasteiger partial charge >= 0.3 is 12.1 Å². The summed E-state index contributed by atoms with van der Waals surface area (Å²) in [6.07, 6.45) is -3.31. The zero-order valence-corrected chi connectivity index (χ0v) is 22.0. The smallest absolute Gasteiger partial charge is 0.475 e. The number of piperazine rings is 1. The molecule has 2 heterocycles. The molecule has 2 fully saturated rings. The molecule has 2 aliphatic heterocycles. The van der Waals surface area contributed by atoms with Gasteiger partial charge in [-0.2, -0.15) is 13.2 Å². The number of benzene rings is 2. The zero-order valence-electron chi connectivity index (χ0n) is 22.0. The van der Waals surface area contributed by atoms with Gasteiger partial charge in [-0.15, -0.1) is 0 Å². The number of carbonyl (C=O) groups is 3. The summed E-state index contributed by atoms with van der Waals surface area (Å²) in [5.74, 6) is -2.74. The summed E-state index contributed by atoms with van der Waals surface area (Å²) in [6, 6.07) is 18.3. The third-order valence-corrected chi connectivity index (χ3v) is 6.82. The highest BCUT2D eigenvalue weighted by atomic mass is 19.4. The van der Waals surface area contributed by atoms with Gasteiger partial charge in [-0.05, 0) is 37.5 Å². The third-order valence-electron chi connectivity index (χ3n) is 6.82. The van der Waals surface area contributed by atoms with Crippen LogP contribution in [0.15, 0.2) is 54.6 Å². The number of halogens is 3. The van der Waals surface area contributed by atoms with Crippen LogP contribution in [0.5, 0.6) is 0 Å². The molecule has 0 aliphatic carbocycles. The lowest BCUT2D eigenvalue weighted by Gasteiger charge is -2.39. The van der Waals surface area contributed by atoms with Crippen molar-refractivity contribution in [2.75, 3.05) is 45.8 Å². The van der Waals surface area contributed by atoms with Crippen LogP contribution in [0.3, 0.4) is 0 Å².